The molecule has 1 fully saturated rings. The van der Waals surface area contributed by atoms with Crippen molar-refractivity contribution in [2.24, 2.45) is 5.92 Å². The summed E-state index contributed by atoms with van der Waals surface area (Å²) in [7, 11) is 0. The van der Waals surface area contributed by atoms with Crippen molar-refractivity contribution in [1.82, 2.24) is 14.4 Å². The number of halogens is 1. The van der Waals surface area contributed by atoms with Crippen LogP contribution in [0.15, 0.2) is 36.8 Å². The van der Waals surface area contributed by atoms with E-state index >= 15 is 0 Å². The first-order valence-electron chi connectivity index (χ1n) is 9.73. The van der Waals surface area contributed by atoms with E-state index in [0.717, 1.165) is 0 Å². The van der Waals surface area contributed by atoms with Crippen LogP contribution in [0, 0.1) is 11.7 Å². The maximum atomic E-state index is 14.5. The van der Waals surface area contributed by atoms with E-state index in [0.29, 0.717) is 22.8 Å². The molecule has 1 aromatic carbocycles. The van der Waals surface area contributed by atoms with Gasteiger partial charge in [-0.2, -0.15) is 0 Å². The Bertz CT molecular complexity index is 1180. The van der Waals surface area contributed by atoms with Crippen LogP contribution < -0.4 is 10.6 Å². The summed E-state index contributed by atoms with van der Waals surface area (Å²) in [6.07, 6.45) is 4.16. The molecular weight excluding hydrogens is 405 g/mol. The molecule has 1 aliphatic rings. The molecule has 0 saturated heterocycles. The van der Waals surface area contributed by atoms with Gasteiger partial charge in [-0.05, 0) is 32.0 Å². The lowest BCUT2D eigenvalue weighted by Crippen LogP contribution is -2.34. The Morgan fingerprint density at radius 2 is 1.97 bits per heavy atom. The summed E-state index contributed by atoms with van der Waals surface area (Å²) in [4.78, 5) is 43.5. The van der Waals surface area contributed by atoms with Crippen LogP contribution in [0.2, 0.25) is 0 Å². The standard InChI is InChI=1S/C21H20FN5O4/c1-11(2)31-21(30)25-14-8-23-20-26-18(10-27(20)9-14)16-7-13(3-4-17(16)22)24-19(29)12-5-15(28)6-12/h3-4,7-12H,5-6H2,1-2H3,(H,24,29)(H,25,30). The fourth-order valence-electron chi connectivity index (χ4n) is 3.16. The second kappa shape index (κ2) is 8.13. The zero-order valence-corrected chi connectivity index (χ0v) is 16.9. The van der Waals surface area contributed by atoms with Gasteiger partial charge in [0.15, 0.2) is 0 Å². The molecule has 31 heavy (non-hydrogen) atoms. The highest BCUT2D eigenvalue weighted by Crippen LogP contribution is 2.28. The smallest absolute Gasteiger partial charge is 0.411 e. The van der Waals surface area contributed by atoms with E-state index in [1.807, 2.05) is 0 Å². The van der Waals surface area contributed by atoms with Gasteiger partial charge in [-0.25, -0.2) is 19.2 Å². The van der Waals surface area contributed by atoms with Crippen molar-refractivity contribution in [3.05, 3.63) is 42.6 Å². The van der Waals surface area contributed by atoms with Gasteiger partial charge in [0.2, 0.25) is 11.7 Å². The molecule has 3 aromatic rings. The van der Waals surface area contributed by atoms with Crippen LogP contribution in [0.3, 0.4) is 0 Å². The molecule has 2 aromatic heterocycles. The molecule has 1 aliphatic carbocycles. The van der Waals surface area contributed by atoms with Gasteiger partial charge in [0, 0.05) is 36.5 Å². The lowest BCUT2D eigenvalue weighted by Gasteiger charge is -2.22. The highest BCUT2D eigenvalue weighted by Gasteiger charge is 2.32. The van der Waals surface area contributed by atoms with Crippen molar-refractivity contribution >= 4 is 34.9 Å². The van der Waals surface area contributed by atoms with Crippen LogP contribution in [0.1, 0.15) is 26.7 Å². The molecule has 0 radical (unpaired) electrons. The van der Waals surface area contributed by atoms with Crippen molar-refractivity contribution < 1.29 is 23.5 Å². The fraction of sp³-hybridized carbons (Fsp3) is 0.286. The molecule has 0 spiro atoms. The van der Waals surface area contributed by atoms with E-state index < -0.39 is 11.9 Å². The number of hydrogen-bond donors (Lipinski definition) is 2. The summed E-state index contributed by atoms with van der Waals surface area (Å²) in [5.74, 6) is -0.756. The molecule has 0 atom stereocenters. The summed E-state index contributed by atoms with van der Waals surface area (Å²) >= 11 is 0. The van der Waals surface area contributed by atoms with Crippen molar-refractivity contribution in [3.8, 4) is 11.3 Å². The lowest BCUT2D eigenvalue weighted by atomic mass is 9.83. The number of rotatable bonds is 5. The second-order valence-electron chi connectivity index (χ2n) is 7.58. The number of carbonyl (C=O) groups is 3. The number of anilines is 2. The number of aromatic nitrogens is 3. The second-order valence-corrected chi connectivity index (χ2v) is 7.58. The Balaban J connectivity index is 1.55. The van der Waals surface area contributed by atoms with Crippen LogP contribution in [-0.4, -0.2) is 38.3 Å². The topological polar surface area (TPSA) is 115 Å². The molecule has 0 aliphatic heterocycles. The molecule has 0 unspecified atom stereocenters. The third-order valence-corrected chi connectivity index (χ3v) is 4.73. The first kappa shape index (κ1) is 20.5. The van der Waals surface area contributed by atoms with Gasteiger partial charge in [0.1, 0.15) is 11.6 Å². The fourth-order valence-corrected chi connectivity index (χ4v) is 3.16. The van der Waals surface area contributed by atoms with Gasteiger partial charge in [-0.1, -0.05) is 0 Å². The zero-order chi connectivity index (χ0) is 22.1. The SMILES string of the molecule is CC(C)OC(=O)Nc1cnc2nc(-c3cc(NC(=O)C4CC(=O)C4)ccc3F)cn2c1. The van der Waals surface area contributed by atoms with Crippen LogP contribution in [-0.2, 0) is 14.3 Å². The highest BCUT2D eigenvalue weighted by atomic mass is 19.1. The van der Waals surface area contributed by atoms with Gasteiger partial charge in [-0.3, -0.25) is 19.3 Å². The normalized spacial score (nSPS) is 13.9. The molecule has 2 amide bonds. The zero-order valence-electron chi connectivity index (χ0n) is 16.9. The van der Waals surface area contributed by atoms with E-state index in [1.165, 1.54) is 24.4 Å². The Kier molecular flexibility index (Phi) is 5.37. The van der Waals surface area contributed by atoms with Crippen LogP contribution in [0.25, 0.3) is 17.0 Å². The number of Topliss-reactive ketones (excluding diaryl/α,β-unsaturated/α-hetero) is 1. The number of ether oxygens (including phenoxy) is 1. The number of fused-ring (bicyclic) bond motifs is 1. The molecule has 2 heterocycles. The first-order chi connectivity index (χ1) is 14.8. The molecule has 10 heteroatoms. The number of nitrogens with zero attached hydrogens (tertiary/aromatic N) is 3. The average molecular weight is 425 g/mol. The number of imidazole rings is 1. The van der Waals surface area contributed by atoms with Gasteiger partial charge < -0.3 is 10.1 Å². The number of carbonyl (C=O) groups excluding carboxylic acids is 3. The lowest BCUT2D eigenvalue weighted by molar-refractivity contribution is -0.135. The van der Waals surface area contributed by atoms with Crippen LogP contribution in [0.4, 0.5) is 20.6 Å². The van der Waals surface area contributed by atoms with Crippen molar-refractivity contribution in [2.75, 3.05) is 10.6 Å². The van der Waals surface area contributed by atoms with E-state index in [9.17, 15) is 18.8 Å². The maximum Gasteiger partial charge on any atom is 0.411 e. The summed E-state index contributed by atoms with van der Waals surface area (Å²) < 4.78 is 21.1. The Morgan fingerprint density at radius 1 is 1.19 bits per heavy atom. The predicted molar refractivity (Wildman–Crippen MR) is 110 cm³/mol. The summed E-state index contributed by atoms with van der Waals surface area (Å²) in [6, 6.07) is 4.17. The third-order valence-electron chi connectivity index (χ3n) is 4.73. The van der Waals surface area contributed by atoms with Gasteiger partial charge in [0.05, 0.1) is 29.6 Å². The maximum absolute atomic E-state index is 14.5. The largest absolute Gasteiger partial charge is 0.447 e. The van der Waals surface area contributed by atoms with E-state index in [-0.39, 0.29) is 42.1 Å². The molecule has 4 rings (SSSR count). The van der Waals surface area contributed by atoms with Crippen molar-refractivity contribution in [2.45, 2.75) is 32.8 Å². The Morgan fingerprint density at radius 3 is 2.68 bits per heavy atom. The quantitative estimate of drug-likeness (QED) is 0.647. The molecule has 1 saturated carbocycles. The molecule has 0 bridgehead atoms. The molecule has 160 valence electrons. The van der Waals surface area contributed by atoms with Gasteiger partial charge >= 0.3 is 6.09 Å². The minimum Gasteiger partial charge on any atom is -0.447 e. The number of nitrogens with one attached hydrogen (secondary N) is 2. The minimum atomic E-state index is -0.612. The first-order valence-corrected chi connectivity index (χ1v) is 9.73. The predicted octanol–water partition coefficient (Wildman–Crippen LogP) is 3.41. The van der Waals surface area contributed by atoms with Crippen LogP contribution >= 0.6 is 0 Å². The third kappa shape index (κ3) is 4.52. The van der Waals surface area contributed by atoms with E-state index in [2.05, 4.69) is 20.6 Å². The van der Waals surface area contributed by atoms with Gasteiger partial charge in [-0.15, -0.1) is 0 Å². The Hall–Kier alpha value is -3.82. The van der Waals surface area contributed by atoms with Crippen molar-refractivity contribution in [3.63, 3.8) is 0 Å². The monoisotopic (exact) mass is 425 g/mol. The molecular formula is C21H20FN5O4. The number of ketones is 1. The highest BCUT2D eigenvalue weighted by molar-refractivity contribution is 6.02. The van der Waals surface area contributed by atoms with E-state index in [1.54, 1.807) is 30.6 Å². The summed E-state index contributed by atoms with van der Waals surface area (Å²) in [5.41, 5.74) is 1.28. The van der Waals surface area contributed by atoms with Gasteiger partial charge in [0.25, 0.3) is 0 Å². The summed E-state index contributed by atoms with van der Waals surface area (Å²) in [6.45, 7) is 3.47. The summed E-state index contributed by atoms with van der Waals surface area (Å²) in [5, 5.41) is 5.28. The molecule has 2 N–H and O–H groups in total. The minimum absolute atomic E-state index is 0.0588. The van der Waals surface area contributed by atoms with Crippen molar-refractivity contribution in [1.29, 1.82) is 0 Å². The number of benzene rings is 1. The number of hydrogen-bond acceptors (Lipinski definition) is 6. The molecule has 9 nitrogen and oxygen atoms in total. The number of amides is 2. The average Bonchev–Trinajstić information content (AvgIpc) is 3.09. The Labute approximate surface area is 176 Å². The van der Waals surface area contributed by atoms with E-state index in [4.69, 9.17) is 4.74 Å². The van der Waals surface area contributed by atoms with Crippen LogP contribution in [0.5, 0.6) is 0 Å².